The van der Waals surface area contributed by atoms with Crippen LogP contribution in [0.5, 0.6) is 0 Å². The van der Waals surface area contributed by atoms with E-state index in [4.69, 9.17) is 13.8 Å². The van der Waals surface area contributed by atoms with Gasteiger partial charge in [0.25, 0.3) is 0 Å². The van der Waals surface area contributed by atoms with Crippen LogP contribution >= 0.6 is 7.82 Å². The first-order chi connectivity index (χ1) is 20.3. The van der Waals surface area contributed by atoms with E-state index in [2.05, 4.69) is 31.3 Å². The van der Waals surface area contributed by atoms with Gasteiger partial charge in [0.2, 0.25) is 5.91 Å². The van der Waals surface area contributed by atoms with Crippen molar-refractivity contribution in [3.8, 4) is 0 Å². The molecule has 0 aromatic carbocycles. The molecule has 42 heavy (non-hydrogen) atoms. The molecule has 0 fully saturated rings. The molecule has 0 aliphatic carbocycles. The molecule has 1 amide bonds. The summed E-state index contributed by atoms with van der Waals surface area (Å²) in [5.41, 5.74) is 0. The lowest BCUT2D eigenvalue weighted by atomic mass is 10.1. The summed E-state index contributed by atoms with van der Waals surface area (Å²) in [6.07, 6.45) is 25.8. The van der Waals surface area contributed by atoms with Gasteiger partial charge >= 0.3 is 13.8 Å². The van der Waals surface area contributed by atoms with Gasteiger partial charge in [-0.2, -0.15) is 0 Å². The normalized spacial score (nSPS) is 13.7. The molecule has 0 saturated carbocycles. The van der Waals surface area contributed by atoms with E-state index in [1.54, 1.807) is 0 Å². The van der Waals surface area contributed by atoms with Crippen LogP contribution in [-0.4, -0.2) is 54.3 Å². The second-order valence-corrected chi connectivity index (χ2v) is 12.6. The molecular weight excluding hydrogens is 557 g/mol. The molecule has 0 saturated heterocycles. The fourth-order valence-electron chi connectivity index (χ4n) is 4.37. The van der Waals surface area contributed by atoms with Crippen molar-refractivity contribution in [1.29, 1.82) is 0 Å². The van der Waals surface area contributed by atoms with E-state index < -0.39 is 26.5 Å². The molecule has 2 atom stereocenters. The molecule has 2 unspecified atom stereocenters. The molecular formula is C32H62NO8P. The summed E-state index contributed by atoms with van der Waals surface area (Å²) in [5, 5.41) is 12.6. The van der Waals surface area contributed by atoms with Crippen LogP contribution in [0.1, 0.15) is 149 Å². The Morgan fingerprint density at radius 1 is 0.714 bits per heavy atom. The number of phosphoric acid groups is 1. The average molecular weight is 620 g/mol. The van der Waals surface area contributed by atoms with Gasteiger partial charge in [0.1, 0.15) is 12.7 Å². The highest BCUT2D eigenvalue weighted by Crippen LogP contribution is 2.42. The third-order valence-corrected chi connectivity index (χ3v) is 7.93. The van der Waals surface area contributed by atoms with Crippen molar-refractivity contribution in [3.63, 3.8) is 0 Å². The summed E-state index contributed by atoms with van der Waals surface area (Å²) in [6.45, 7) is 3.47. The Labute approximate surface area is 256 Å². The maximum atomic E-state index is 12.0. The van der Waals surface area contributed by atoms with Crippen LogP contribution in [0.4, 0.5) is 0 Å². The van der Waals surface area contributed by atoms with Gasteiger partial charge in [0.05, 0.1) is 13.2 Å². The van der Waals surface area contributed by atoms with Crippen LogP contribution in [0, 0.1) is 0 Å². The second-order valence-electron chi connectivity index (χ2n) is 11.1. The number of nitrogens with one attached hydrogen (secondary N) is 1. The Morgan fingerprint density at radius 2 is 1.21 bits per heavy atom. The average Bonchev–Trinajstić information content (AvgIpc) is 2.97. The quantitative estimate of drug-likeness (QED) is 0.0309. The number of aliphatic hydroxyl groups excluding tert-OH is 1. The minimum absolute atomic E-state index is 0.0797. The van der Waals surface area contributed by atoms with Gasteiger partial charge in [0, 0.05) is 19.4 Å². The zero-order valence-corrected chi connectivity index (χ0v) is 27.6. The van der Waals surface area contributed by atoms with Crippen molar-refractivity contribution in [2.24, 2.45) is 0 Å². The predicted octanol–water partition coefficient (Wildman–Crippen LogP) is 7.93. The molecule has 0 aromatic rings. The SMILES string of the molecule is CCCCC/C=C\CCCCCCCC(=O)NCCOP(=O)(O)OCC(O)COC(=O)CCCCCCCCCCC. The summed E-state index contributed by atoms with van der Waals surface area (Å²) in [6, 6.07) is 0. The molecule has 10 heteroatoms. The Balaban J connectivity index is 3.66. The molecule has 0 rings (SSSR count). The molecule has 9 nitrogen and oxygen atoms in total. The van der Waals surface area contributed by atoms with Gasteiger partial charge in [-0.05, 0) is 38.5 Å². The Bertz CT molecular complexity index is 719. The standard InChI is InChI=1S/C32H62NO8P/c1-3-5-7-9-11-13-14-15-17-18-20-22-24-31(35)33-26-27-40-42(37,38)41-29-30(34)28-39-32(36)25-23-21-19-16-12-10-8-6-4-2/h11,13,30,34H,3-10,12,14-29H2,1-2H3,(H,33,35)(H,37,38)/b13-11-. The highest BCUT2D eigenvalue weighted by Gasteiger charge is 2.23. The number of unbranched alkanes of at least 4 members (excludes halogenated alkanes) is 16. The molecule has 0 spiro atoms. The van der Waals surface area contributed by atoms with E-state index >= 15 is 0 Å². The van der Waals surface area contributed by atoms with Crippen molar-refractivity contribution in [3.05, 3.63) is 12.2 Å². The molecule has 0 aliphatic heterocycles. The maximum Gasteiger partial charge on any atom is 0.472 e. The van der Waals surface area contributed by atoms with Gasteiger partial charge in [0.15, 0.2) is 0 Å². The van der Waals surface area contributed by atoms with Crippen LogP contribution < -0.4 is 5.32 Å². The van der Waals surface area contributed by atoms with Gasteiger partial charge in [-0.1, -0.05) is 109 Å². The number of phosphoric ester groups is 1. The lowest BCUT2D eigenvalue weighted by Gasteiger charge is -2.15. The van der Waals surface area contributed by atoms with E-state index in [1.165, 1.54) is 70.6 Å². The number of ether oxygens (including phenoxy) is 1. The van der Waals surface area contributed by atoms with E-state index in [0.29, 0.717) is 6.42 Å². The monoisotopic (exact) mass is 619 g/mol. The van der Waals surface area contributed by atoms with Gasteiger partial charge in [-0.15, -0.1) is 0 Å². The number of allylic oxidation sites excluding steroid dienone is 2. The highest BCUT2D eigenvalue weighted by atomic mass is 31.2. The number of rotatable bonds is 31. The molecule has 0 bridgehead atoms. The van der Waals surface area contributed by atoms with Crippen LogP contribution in [0.2, 0.25) is 0 Å². The minimum atomic E-state index is -4.40. The molecule has 0 aliphatic rings. The van der Waals surface area contributed by atoms with Crippen molar-refractivity contribution in [2.75, 3.05) is 26.4 Å². The largest absolute Gasteiger partial charge is 0.472 e. The van der Waals surface area contributed by atoms with Crippen LogP contribution in [0.25, 0.3) is 0 Å². The number of amides is 1. The fourth-order valence-corrected chi connectivity index (χ4v) is 5.13. The number of carbonyl (C=O) groups excluding carboxylic acids is 2. The van der Waals surface area contributed by atoms with Gasteiger partial charge < -0.3 is 20.1 Å². The van der Waals surface area contributed by atoms with Crippen molar-refractivity contribution >= 4 is 19.7 Å². The van der Waals surface area contributed by atoms with E-state index in [9.17, 15) is 24.2 Å². The van der Waals surface area contributed by atoms with E-state index in [0.717, 1.165) is 51.4 Å². The minimum Gasteiger partial charge on any atom is -0.463 e. The summed E-state index contributed by atoms with van der Waals surface area (Å²) < 4.78 is 26.6. The van der Waals surface area contributed by atoms with E-state index in [-0.39, 0.29) is 32.1 Å². The lowest BCUT2D eigenvalue weighted by molar-refractivity contribution is -0.147. The number of aliphatic hydroxyl groups is 1. The number of esters is 1. The Hall–Kier alpha value is -1.25. The first-order valence-electron chi connectivity index (χ1n) is 16.7. The number of carbonyl (C=O) groups is 2. The topological polar surface area (TPSA) is 131 Å². The van der Waals surface area contributed by atoms with Crippen LogP contribution in [0.15, 0.2) is 12.2 Å². The molecule has 248 valence electrons. The zero-order chi connectivity index (χ0) is 31.2. The van der Waals surface area contributed by atoms with E-state index in [1.807, 2.05) is 0 Å². The van der Waals surface area contributed by atoms with Crippen LogP contribution in [-0.2, 0) is 27.9 Å². The number of hydrogen-bond donors (Lipinski definition) is 3. The summed E-state index contributed by atoms with van der Waals surface area (Å²) in [4.78, 5) is 33.5. The smallest absolute Gasteiger partial charge is 0.463 e. The Morgan fingerprint density at radius 3 is 1.83 bits per heavy atom. The zero-order valence-electron chi connectivity index (χ0n) is 26.7. The first kappa shape index (κ1) is 40.8. The lowest BCUT2D eigenvalue weighted by Crippen LogP contribution is -2.27. The van der Waals surface area contributed by atoms with Gasteiger partial charge in [-0.3, -0.25) is 18.6 Å². The molecule has 0 aromatic heterocycles. The van der Waals surface area contributed by atoms with Gasteiger partial charge in [-0.25, -0.2) is 4.57 Å². The van der Waals surface area contributed by atoms with Crippen molar-refractivity contribution in [2.45, 2.75) is 155 Å². The predicted molar refractivity (Wildman–Crippen MR) is 169 cm³/mol. The maximum absolute atomic E-state index is 12.0. The molecule has 0 heterocycles. The highest BCUT2D eigenvalue weighted by molar-refractivity contribution is 7.47. The summed E-state index contributed by atoms with van der Waals surface area (Å²) in [7, 11) is -4.40. The fraction of sp³-hybridized carbons (Fsp3) is 0.875. The van der Waals surface area contributed by atoms with Crippen molar-refractivity contribution in [1.82, 2.24) is 5.32 Å². The van der Waals surface area contributed by atoms with Crippen molar-refractivity contribution < 1.29 is 37.9 Å². The Kier molecular flexibility index (Phi) is 28.9. The molecule has 0 radical (unpaired) electrons. The summed E-state index contributed by atoms with van der Waals surface area (Å²) in [5.74, 6) is -0.529. The van der Waals surface area contributed by atoms with Crippen LogP contribution in [0.3, 0.4) is 0 Å². The second kappa shape index (κ2) is 29.8. The third kappa shape index (κ3) is 30.2. The third-order valence-electron chi connectivity index (χ3n) is 6.95. The first-order valence-corrected chi connectivity index (χ1v) is 18.2. The summed E-state index contributed by atoms with van der Waals surface area (Å²) >= 11 is 0. The molecule has 3 N–H and O–H groups in total. The number of hydrogen-bond acceptors (Lipinski definition) is 7.